The van der Waals surface area contributed by atoms with Gasteiger partial charge in [0.25, 0.3) is 5.91 Å². The standard InChI is InChI=1S/C28H31Cl2FN4O3/c1-15-12-34(13-16(2)33-15)25-23(31)10-20-24(27(25)38-3)35(19-5-4-6-19)14-21(26(20)36)28(37)32-11-17-7-8-18(29)9-22(17)30/h7-10,14-16,19,33H,4-6,11-13H2,1-3H3,(H,32,37)/t15-,16+. The van der Waals surface area contributed by atoms with Gasteiger partial charge >= 0.3 is 0 Å². The van der Waals surface area contributed by atoms with Crippen molar-refractivity contribution in [2.75, 3.05) is 25.1 Å². The second-order valence-electron chi connectivity index (χ2n) is 10.3. The van der Waals surface area contributed by atoms with Crippen LogP contribution >= 0.6 is 23.2 Å². The van der Waals surface area contributed by atoms with Gasteiger partial charge in [0, 0.05) is 54.0 Å². The number of carbonyl (C=O) groups excluding carboxylic acids is 1. The molecule has 5 rings (SSSR count). The lowest BCUT2D eigenvalue weighted by molar-refractivity contribution is 0.0949. The fourth-order valence-corrected chi connectivity index (χ4v) is 5.97. The summed E-state index contributed by atoms with van der Waals surface area (Å²) in [5.74, 6) is -0.771. The number of hydrogen-bond acceptors (Lipinski definition) is 5. The molecule has 1 saturated carbocycles. The number of anilines is 1. The summed E-state index contributed by atoms with van der Waals surface area (Å²) in [6.07, 6.45) is 4.44. The summed E-state index contributed by atoms with van der Waals surface area (Å²) >= 11 is 12.2. The zero-order chi connectivity index (χ0) is 27.1. The van der Waals surface area contributed by atoms with E-state index < -0.39 is 17.2 Å². The highest BCUT2D eigenvalue weighted by molar-refractivity contribution is 6.35. The number of fused-ring (bicyclic) bond motifs is 1. The highest BCUT2D eigenvalue weighted by Gasteiger charge is 2.31. The molecule has 0 bridgehead atoms. The number of nitrogens with zero attached hydrogens (tertiary/aromatic N) is 2. The Morgan fingerprint density at radius 1 is 1.18 bits per heavy atom. The number of rotatable bonds is 6. The van der Waals surface area contributed by atoms with Crippen molar-refractivity contribution in [2.24, 2.45) is 0 Å². The maximum Gasteiger partial charge on any atom is 0.257 e. The summed E-state index contributed by atoms with van der Waals surface area (Å²) in [7, 11) is 1.50. The van der Waals surface area contributed by atoms with Crippen LogP contribution in [0.1, 0.15) is 55.1 Å². The molecule has 2 aromatic carbocycles. The Bertz CT molecular complexity index is 1450. The van der Waals surface area contributed by atoms with Gasteiger partial charge < -0.3 is 24.8 Å². The monoisotopic (exact) mass is 560 g/mol. The molecule has 0 radical (unpaired) electrons. The van der Waals surface area contributed by atoms with E-state index in [1.165, 1.54) is 13.2 Å². The smallest absolute Gasteiger partial charge is 0.257 e. The summed E-state index contributed by atoms with van der Waals surface area (Å²) in [4.78, 5) is 28.8. The molecule has 7 nitrogen and oxygen atoms in total. The molecule has 2 aliphatic rings. The molecule has 1 aromatic heterocycles. The van der Waals surface area contributed by atoms with Crippen molar-refractivity contribution < 1.29 is 13.9 Å². The van der Waals surface area contributed by atoms with E-state index in [0.29, 0.717) is 45.7 Å². The van der Waals surface area contributed by atoms with E-state index in [9.17, 15) is 9.59 Å². The molecule has 202 valence electrons. The first-order valence-electron chi connectivity index (χ1n) is 12.9. The van der Waals surface area contributed by atoms with Gasteiger partial charge in [-0.1, -0.05) is 29.3 Å². The molecule has 10 heteroatoms. The van der Waals surface area contributed by atoms with E-state index in [4.69, 9.17) is 27.9 Å². The average molecular weight is 561 g/mol. The lowest BCUT2D eigenvalue weighted by atomic mass is 9.91. The minimum Gasteiger partial charge on any atom is -0.492 e. The molecule has 0 unspecified atom stereocenters. The van der Waals surface area contributed by atoms with Gasteiger partial charge in [-0.2, -0.15) is 0 Å². The second kappa shape index (κ2) is 10.8. The zero-order valence-electron chi connectivity index (χ0n) is 21.6. The summed E-state index contributed by atoms with van der Waals surface area (Å²) in [5.41, 5.74) is 0.951. The molecular formula is C28H31Cl2FN4O3. The minimum absolute atomic E-state index is 0.0481. The SMILES string of the molecule is COc1c(N2C[C@@H](C)N[C@@H](C)C2)c(F)cc2c(=O)c(C(=O)NCc3ccc(Cl)cc3Cl)cn(C3CCC3)c12. The highest BCUT2D eigenvalue weighted by Crippen LogP contribution is 2.42. The number of piperazine rings is 1. The lowest BCUT2D eigenvalue weighted by Crippen LogP contribution is -2.54. The number of aromatic nitrogens is 1. The summed E-state index contributed by atoms with van der Waals surface area (Å²) in [6, 6.07) is 6.66. The van der Waals surface area contributed by atoms with Crippen molar-refractivity contribution in [1.29, 1.82) is 0 Å². The van der Waals surface area contributed by atoms with Crippen LogP contribution in [0.5, 0.6) is 5.75 Å². The molecule has 2 N–H and O–H groups in total. The predicted octanol–water partition coefficient (Wildman–Crippen LogP) is 5.30. The van der Waals surface area contributed by atoms with Gasteiger partial charge in [0.15, 0.2) is 11.6 Å². The molecule has 1 aliphatic carbocycles. The Balaban J connectivity index is 1.60. The first-order valence-corrected chi connectivity index (χ1v) is 13.6. The van der Waals surface area contributed by atoms with E-state index in [2.05, 4.69) is 24.5 Å². The first-order chi connectivity index (χ1) is 18.2. The fourth-order valence-electron chi connectivity index (χ4n) is 5.49. The maximum atomic E-state index is 15.8. The number of methoxy groups -OCH3 is 1. The Morgan fingerprint density at radius 3 is 2.50 bits per heavy atom. The topological polar surface area (TPSA) is 75.6 Å². The number of amides is 1. The zero-order valence-corrected chi connectivity index (χ0v) is 23.1. The number of ether oxygens (including phenoxy) is 1. The number of benzene rings is 2. The van der Waals surface area contributed by atoms with E-state index in [1.807, 2.05) is 9.47 Å². The van der Waals surface area contributed by atoms with Gasteiger partial charge in [0.05, 0.1) is 18.0 Å². The van der Waals surface area contributed by atoms with Crippen LogP contribution < -0.4 is 25.7 Å². The van der Waals surface area contributed by atoms with Crippen LogP contribution in [0.3, 0.4) is 0 Å². The molecule has 2 fully saturated rings. The van der Waals surface area contributed by atoms with Gasteiger partial charge in [-0.05, 0) is 56.9 Å². The van der Waals surface area contributed by atoms with Crippen LogP contribution in [-0.2, 0) is 6.54 Å². The normalized spacial score (nSPS) is 19.9. The third-order valence-corrected chi connectivity index (χ3v) is 8.03. The molecule has 1 saturated heterocycles. The maximum absolute atomic E-state index is 15.8. The quantitative estimate of drug-likeness (QED) is 0.428. The summed E-state index contributed by atoms with van der Waals surface area (Å²) < 4.78 is 23.5. The summed E-state index contributed by atoms with van der Waals surface area (Å²) in [5, 5.41) is 7.27. The Labute approximate surface area is 230 Å². The van der Waals surface area contributed by atoms with Crippen LogP contribution in [-0.4, -0.2) is 42.8 Å². The van der Waals surface area contributed by atoms with Crippen molar-refractivity contribution in [2.45, 2.75) is 57.8 Å². The van der Waals surface area contributed by atoms with Crippen molar-refractivity contribution in [1.82, 2.24) is 15.2 Å². The largest absolute Gasteiger partial charge is 0.492 e. The van der Waals surface area contributed by atoms with E-state index in [1.54, 1.807) is 24.4 Å². The summed E-state index contributed by atoms with van der Waals surface area (Å²) in [6.45, 7) is 5.43. The molecule has 1 aliphatic heterocycles. The van der Waals surface area contributed by atoms with Gasteiger partial charge in [-0.25, -0.2) is 4.39 Å². The Morgan fingerprint density at radius 2 is 1.89 bits per heavy atom. The molecular weight excluding hydrogens is 530 g/mol. The molecule has 1 amide bonds. The molecule has 38 heavy (non-hydrogen) atoms. The number of hydrogen-bond donors (Lipinski definition) is 2. The third kappa shape index (κ3) is 4.97. The Hall–Kier alpha value is -2.81. The molecule has 2 heterocycles. The number of pyridine rings is 1. The van der Waals surface area contributed by atoms with Crippen LogP contribution in [0.15, 0.2) is 35.3 Å². The van der Waals surface area contributed by atoms with E-state index in [0.717, 1.165) is 19.3 Å². The number of carbonyl (C=O) groups is 1. The minimum atomic E-state index is -0.552. The van der Waals surface area contributed by atoms with E-state index >= 15 is 4.39 Å². The second-order valence-corrected chi connectivity index (χ2v) is 11.1. The van der Waals surface area contributed by atoms with Gasteiger partial charge in [-0.15, -0.1) is 0 Å². The van der Waals surface area contributed by atoms with Crippen molar-refractivity contribution in [3.05, 3.63) is 67.7 Å². The van der Waals surface area contributed by atoms with Crippen molar-refractivity contribution >= 4 is 45.7 Å². The number of halogens is 3. The first kappa shape index (κ1) is 26.8. The van der Waals surface area contributed by atoms with Crippen LogP contribution in [0.4, 0.5) is 10.1 Å². The molecule has 0 spiro atoms. The van der Waals surface area contributed by atoms with E-state index in [-0.39, 0.29) is 35.6 Å². The van der Waals surface area contributed by atoms with Crippen LogP contribution in [0.25, 0.3) is 10.9 Å². The lowest BCUT2D eigenvalue weighted by Gasteiger charge is -2.39. The van der Waals surface area contributed by atoms with Crippen LogP contribution in [0, 0.1) is 5.82 Å². The van der Waals surface area contributed by atoms with Crippen molar-refractivity contribution in [3.8, 4) is 5.75 Å². The van der Waals surface area contributed by atoms with Crippen molar-refractivity contribution in [3.63, 3.8) is 0 Å². The van der Waals surface area contributed by atoms with Gasteiger partial charge in [0.1, 0.15) is 11.3 Å². The Kier molecular flexibility index (Phi) is 7.58. The molecule has 3 aromatic rings. The predicted molar refractivity (Wildman–Crippen MR) is 150 cm³/mol. The van der Waals surface area contributed by atoms with Crippen LogP contribution in [0.2, 0.25) is 10.0 Å². The average Bonchev–Trinajstić information content (AvgIpc) is 2.82. The van der Waals surface area contributed by atoms with Gasteiger partial charge in [0.2, 0.25) is 5.43 Å². The molecule has 2 atom stereocenters. The fraction of sp³-hybridized carbons (Fsp3) is 0.429. The third-order valence-electron chi connectivity index (χ3n) is 7.44. The number of nitrogens with one attached hydrogen (secondary N) is 2. The highest BCUT2D eigenvalue weighted by atomic mass is 35.5. The van der Waals surface area contributed by atoms with Gasteiger partial charge in [-0.3, -0.25) is 9.59 Å².